The average molecular weight is 341 g/mol. The first-order chi connectivity index (χ1) is 11.9. The van der Waals surface area contributed by atoms with Gasteiger partial charge in [-0.1, -0.05) is 12.1 Å². The lowest BCUT2D eigenvalue weighted by molar-refractivity contribution is -0.118. The van der Waals surface area contributed by atoms with Crippen LogP contribution in [-0.4, -0.2) is 24.5 Å². The van der Waals surface area contributed by atoms with Gasteiger partial charge in [-0.25, -0.2) is 9.18 Å². The maximum atomic E-state index is 13.0. The normalized spacial score (nSPS) is 16.8. The Labute approximate surface area is 145 Å². The van der Waals surface area contributed by atoms with Crippen molar-refractivity contribution in [3.8, 4) is 0 Å². The molecule has 3 rings (SSSR count). The second-order valence-corrected chi connectivity index (χ2v) is 6.22. The van der Waals surface area contributed by atoms with Crippen molar-refractivity contribution in [3.05, 3.63) is 59.4 Å². The van der Waals surface area contributed by atoms with Crippen LogP contribution in [0.2, 0.25) is 0 Å². The lowest BCUT2D eigenvalue weighted by Gasteiger charge is -2.17. The summed E-state index contributed by atoms with van der Waals surface area (Å²) in [6, 6.07) is 10.5. The summed E-state index contributed by atoms with van der Waals surface area (Å²) in [5.41, 5.74) is 3.34. The van der Waals surface area contributed by atoms with E-state index in [1.165, 1.54) is 12.1 Å². The van der Waals surface area contributed by atoms with Crippen molar-refractivity contribution in [3.63, 3.8) is 0 Å². The predicted molar refractivity (Wildman–Crippen MR) is 95.2 cm³/mol. The number of amides is 3. The van der Waals surface area contributed by atoms with Crippen LogP contribution < -0.4 is 15.5 Å². The molecule has 0 spiro atoms. The second kappa shape index (κ2) is 6.93. The highest BCUT2D eigenvalue weighted by Crippen LogP contribution is 2.22. The third kappa shape index (κ3) is 3.79. The number of halogens is 1. The summed E-state index contributed by atoms with van der Waals surface area (Å²) in [4.78, 5) is 26.3. The Balaban J connectivity index is 1.63. The lowest BCUT2D eigenvalue weighted by Crippen LogP contribution is -2.43. The Kier molecular flexibility index (Phi) is 4.70. The smallest absolute Gasteiger partial charge is 0.319 e. The summed E-state index contributed by atoms with van der Waals surface area (Å²) >= 11 is 0. The highest BCUT2D eigenvalue weighted by Gasteiger charge is 2.33. The molecular formula is C19H20FN3O2. The zero-order valence-corrected chi connectivity index (χ0v) is 14.2. The van der Waals surface area contributed by atoms with E-state index in [9.17, 15) is 14.0 Å². The van der Waals surface area contributed by atoms with Crippen molar-refractivity contribution in [2.75, 3.05) is 16.8 Å². The zero-order valence-electron chi connectivity index (χ0n) is 14.2. The molecule has 1 heterocycles. The fourth-order valence-corrected chi connectivity index (χ4v) is 2.88. The van der Waals surface area contributed by atoms with Crippen LogP contribution in [0, 0.1) is 19.7 Å². The van der Waals surface area contributed by atoms with Crippen LogP contribution in [0.15, 0.2) is 42.5 Å². The van der Waals surface area contributed by atoms with Crippen LogP contribution >= 0.6 is 0 Å². The molecule has 0 bridgehead atoms. The number of carbonyl (C=O) groups is 2. The quantitative estimate of drug-likeness (QED) is 0.899. The average Bonchev–Trinajstić information content (AvgIpc) is 2.92. The van der Waals surface area contributed by atoms with E-state index in [4.69, 9.17) is 0 Å². The third-order valence-corrected chi connectivity index (χ3v) is 4.29. The molecule has 0 aliphatic carbocycles. The van der Waals surface area contributed by atoms with Gasteiger partial charge in [-0.15, -0.1) is 0 Å². The minimum absolute atomic E-state index is 0.192. The minimum atomic E-state index is -0.588. The van der Waals surface area contributed by atoms with E-state index in [0.717, 1.165) is 16.8 Å². The fraction of sp³-hybridized carbons (Fsp3) is 0.263. The van der Waals surface area contributed by atoms with Gasteiger partial charge in [-0.2, -0.15) is 0 Å². The van der Waals surface area contributed by atoms with Crippen molar-refractivity contribution in [2.24, 2.45) is 0 Å². The summed E-state index contributed by atoms with van der Waals surface area (Å²) < 4.78 is 13.0. The molecule has 2 N–H and O–H groups in total. The van der Waals surface area contributed by atoms with Crippen molar-refractivity contribution in [1.82, 2.24) is 5.32 Å². The van der Waals surface area contributed by atoms with Gasteiger partial charge in [0.05, 0.1) is 0 Å². The summed E-state index contributed by atoms with van der Waals surface area (Å²) in [5, 5.41) is 5.51. The number of hydrogen-bond donors (Lipinski definition) is 2. The molecule has 0 saturated carbocycles. The van der Waals surface area contributed by atoms with Gasteiger partial charge in [0.2, 0.25) is 5.91 Å². The monoisotopic (exact) mass is 341 g/mol. The van der Waals surface area contributed by atoms with Crippen LogP contribution in [0.3, 0.4) is 0 Å². The van der Waals surface area contributed by atoms with Crippen molar-refractivity contribution < 1.29 is 14.0 Å². The molecule has 3 amide bonds. The first-order valence-corrected chi connectivity index (χ1v) is 8.16. The van der Waals surface area contributed by atoms with Gasteiger partial charge in [0, 0.05) is 17.9 Å². The Bertz CT molecular complexity index is 805. The number of carbonyl (C=O) groups excluding carboxylic acids is 2. The number of anilines is 2. The molecule has 25 heavy (non-hydrogen) atoms. The summed E-state index contributed by atoms with van der Waals surface area (Å²) in [7, 11) is 0. The summed E-state index contributed by atoms with van der Waals surface area (Å²) in [5.74, 6) is -0.541. The zero-order chi connectivity index (χ0) is 18.0. The summed E-state index contributed by atoms with van der Waals surface area (Å²) in [6.45, 7) is 4.34. The van der Waals surface area contributed by atoms with E-state index in [2.05, 4.69) is 10.6 Å². The first-order valence-electron chi connectivity index (χ1n) is 8.16. The minimum Gasteiger partial charge on any atom is -0.326 e. The highest BCUT2D eigenvalue weighted by atomic mass is 19.1. The molecule has 0 aromatic heterocycles. The Morgan fingerprint density at radius 3 is 2.60 bits per heavy atom. The maximum Gasteiger partial charge on any atom is 0.319 e. The third-order valence-electron chi connectivity index (χ3n) is 4.29. The molecule has 2 aromatic carbocycles. The van der Waals surface area contributed by atoms with Crippen molar-refractivity contribution >= 4 is 23.3 Å². The number of hydrogen-bond acceptors (Lipinski definition) is 2. The number of rotatable bonds is 3. The number of nitrogens with zero attached hydrogens (tertiary/aromatic N) is 1. The largest absolute Gasteiger partial charge is 0.326 e. The van der Waals surface area contributed by atoms with Crippen LogP contribution in [-0.2, 0) is 4.79 Å². The molecule has 1 atom stereocenters. The first kappa shape index (κ1) is 17.0. The van der Waals surface area contributed by atoms with Crippen molar-refractivity contribution in [2.45, 2.75) is 26.3 Å². The Morgan fingerprint density at radius 1 is 1.16 bits per heavy atom. The molecule has 6 heteroatoms. The van der Waals surface area contributed by atoms with Gasteiger partial charge in [0.25, 0.3) is 0 Å². The second-order valence-electron chi connectivity index (χ2n) is 6.22. The summed E-state index contributed by atoms with van der Waals surface area (Å²) in [6.07, 6.45) is 0.510. The predicted octanol–water partition coefficient (Wildman–Crippen LogP) is 3.37. The van der Waals surface area contributed by atoms with Crippen LogP contribution in [0.4, 0.5) is 20.6 Å². The van der Waals surface area contributed by atoms with Gasteiger partial charge in [0.15, 0.2) is 0 Å². The topological polar surface area (TPSA) is 61.4 Å². The van der Waals surface area contributed by atoms with E-state index in [0.29, 0.717) is 18.7 Å². The van der Waals surface area contributed by atoms with E-state index in [1.54, 1.807) is 17.0 Å². The molecule has 1 fully saturated rings. The van der Waals surface area contributed by atoms with Gasteiger partial charge < -0.3 is 15.5 Å². The van der Waals surface area contributed by atoms with Gasteiger partial charge >= 0.3 is 6.03 Å². The number of benzene rings is 2. The molecule has 1 aliphatic rings. The van der Waals surface area contributed by atoms with E-state index >= 15 is 0 Å². The Hall–Kier alpha value is -2.89. The van der Waals surface area contributed by atoms with E-state index in [-0.39, 0.29) is 11.7 Å². The SMILES string of the molecule is Cc1ccc(C)c(NC(=O)N[C@H]2CCN(c3ccc(F)cc3)C2=O)c1. The number of urea groups is 1. The fourth-order valence-electron chi connectivity index (χ4n) is 2.88. The highest BCUT2D eigenvalue weighted by molar-refractivity contribution is 6.02. The molecule has 1 aliphatic heterocycles. The van der Waals surface area contributed by atoms with Crippen LogP contribution in [0.25, 0.3) is 0 Å². The van der Waals surface area contributed by atoms with Gasteiger partial charge in [-0.3, -0.25) is 4.79 Å². The van der Waals surface area contributed by atoms with E-state index in [1.807, 2.05) is 32.0 Å². The molecule has 130 valence electrons. The van der Waals surface area contributed by atoms with E-state index < -0.39 is 12.1 Å². The Morgan fingerprint density at radius 2 is 1.88 bits per heavy atom. The number of nitrogens with one attached hydrogen (secondary N) is 2. The van der Waals surface area contributed by atoms with Crippen LogP contribution in [0.5, 0.6) is 0 Å². The van der Waals surface area contributed by atoms with Gasteiger partial charge in [-0.05, 0) is 61.7 Å². The maximum absolute atomic E-state index is 13.0. The molecule has 5 nitrogen and oxygen atoms in total. The molecule has 1 saturated heterocycles. The molecule has 0 radical (unpaired) electrons. The van der Waals surface area contributed by atoms with Gasteiger partial charge in [0.1, 0.15) is 11.9 Å². The standard InChI is InChI=1S/C19H20FN3O2/c1-12-3-4-13(2)17(11-12)22-19(25)21-16-9-10-23(18(16)24)15-7-5-14(20)6-8-15/h3-8,11,16H,9-10H2,1-2H3,(H2,21,22,25)/t16-/m0/s1. The van der Waals surface area contributed by atoms with Crippen molar-refractivity contribution in [1.29, 1.82) is 0 Å². The van der Waals surface area contributed by atoms with Crippen LogP contribution in [0.1, 0.15) is 17.5 Å². The lowest BCUT2D eigenvalue weighted by atomic mass is 10.1. The molecule has 2 aromatic rings. The molecule has 0 unspecified atom stereocenters. The number of aryl methyl sites for hydroxylation is 2. The molecular weight excluding hydrogens is 321 g/mol.